The number of carbonyl (C=O) groups is 2. The molecule has 0 radical (unpaired) electrons. The highest BCUT2D eigenvalue weighted by molar-refractivity contribution is 5.97. The fourth-order valence-corrected chi connectivity index (χ4v) is 5.90. The molecular formula is C30H34O7. The van der Waals surface area contributed by atoms with Crippen molar-refractivity contribution in [3.8, 4) is 23.0 Å². The lowest BCUT2D eigenvalue weighted by Gasteiger charge is -2.29. The number of benzene rings is 2. The molecule has 1 N–H and O–H groups in total. The molecule has 7 heteroatoms. The standard InChI is InChI=1S/C30H34O7/c1-16(2)10-22(31)21-8-9-23-25(27(21)34-5)28(32)35-15-19-11-17(3)12-24(26(19)36-23)37-29(33)30(4)14-18-6-7-20(30)13-18/h6-9,11-12,16,18,20,22,31H,10,13-15H2,1-5H3/t18-,20+,22+,30-/m1/s1. The second-order valence-corrected chi connectivity index (χ2v) is 11.1. The van der Waals surface area contributed by atoms with Crippen LogP contribution in [0.25, 0.3) is 0 Å². The van der Waals surface area contributed by atoms with E-state index in [1.165, 1.54) is 7.11 Å². The van der Waals surface area contributed by atoms with Crippen LogP contribution >= 0.6 is 0 Å². The molecule has 1 saturated carbocycles. The SMILES string of the molecule is COc1c([C@@H](O)CC(C)C)ccc2c1C(=O)OCc1cc(C)cc(OC(=O)[C@]3(C)C[C@@H]4C=C[C@H]3C4)c1O2. The molecule has 2 aromatic rings. The predicted molar refractivity (Wildman–Crippen MR) is 137 cm³/mol. The minimum Gasteiger partial charge on any atom is -0.495 e. The molecule has 37 heavy (non-hydrogen) atoms. The Kier molecular flexibility index (Phi) is 6.52. The Labute approximate surface area is 217 Å². The van der Waals surface area contributed by atoms with Gasteiger partial charge in [-0.25, -0.2) is 4.79 Å². The second kappa shape index (κ2) is 9.53. The van der Waals surface area contributed by atoms with Crippen LogP contribution in [0.15, 0.2) is 36.4 Å². The molecule has 0 spiro atoms. The predicted octanol–water partition coefficient (Wildman–Crippen LogP) is 6.05. The van der Waals surface area contributed by atoms with Gasteiger partial charge in [-0.1, -0.05) is 26.0 Å². The molecule has 2 aliphatic carbocycles. The third kappa shape index (κ3) is 4.50. The van der Waals surface area contributed by atoms with Gasteiger partial charge in [0.2, 0.25) is 0 Å². The summed E-state index contributed by atoms with van der Waals surface area (Å²) in [6, 6.07) is 6.94. The van der Waals surface area contributed by atoms with E-state index in [0.717, 1.165) is 18.4 Å². The Hall–Kier alpha value is -3.32. The monoisotopic (exact) mass is 506 g/mol. The zero-order valence-corrected chi connectivity index (χ0v) is 22.0. The highest BCUT2D eigenvalue weighted by atomic mass is 16.6. The van der Waals surface area contributed by atoms with Crippen molar-refractivity contribution in [1.82, 2.24) is 0 Å². The van der Waals surface area contributed by atoms with Crippen LogP contribution in [-0.2, 0) is 16.1 Å². The number of esters is 2. The second-order valence-electron chi connectivity index (χ2n) is 11.1. The number of aryl methyl sites for hydroxylation is 1. The summed E-state index contributed by atoms with van der Waals surface area (Å²) in [5, 5.41) is 10.8. The Morgan fingerprint density at radius 3 is 2.68 bits per heavy atom. The number of hydrogen-bond donors (Lipinski definition) is 1. The lowest BCUT2D eigenvalue weighted by atomic mass is 9.78. The van der Waals surface area contributed by atoms with Gasteiger partial charge in [-0.3, -0.25) is 4.79 Å². The number of cyclic esters (lactones) is 1. The number of fused-ring (bicyclic) bond motifs is 4. The first-order valence-corrected chi connectivity index (χ1v) is 12.9. The highest BCUT2D eigenvalue weighted by Crippen LogP contribution is 2.53. The van der Waals surface area contributed by atoms with Gasteiger partial charge >= 0.3 is 11.9 Å². The van der Waals surface area contributed by atoms with Crippen molar-refractivity contribution in [1.29, 1.82) is 0 Å². The molecule has 1 heterocycles. The lowest BCUT2D eigenvalue weighted by Crippen LogP contribution is -2.35. The van der Waals surface area contributed by atoms with Crippen molar-refractivity contribution in [2.24, 2.45) is 23.2 Å². The van der Waals surface area contributed by atoms with Gasteiger partial charge in [0.25, 0.3) is 0 Å². The Morgan fingerprint density at radius 2 is 2.03 bits per heavy atom. The molecule has 196 valence electrons. The summed E-state index contributed by atoms with van der Waals surface area (Å²) in [7, 11) is 1.45. The van der Waals surface area contributed by atoms with E-state index in [-0.39, 0.29) is 41.5 Å². The van der Waals surface area contributed by atoms with Gasteiger partial charge in [-0.05, 0) is 80.7 Å². The van der Waals surface area contributed by atoms with Crippen molar-refractivity contribution < 1.29 is 33.6 Å². The maximum Gasteiger partial charge on any atom is 0.346 e. The van der Waals surface area contributed by atoms with Gasteiger partial charge in [0.05, 0.1) is 18.6 Å². The van der Waals surface area contributed by atoms with Crippen LogP contribution in [0.1, 0.15) is 73.2 Å². The third-order valence-corrected chi connectivity index (χ3v) is 7.80. The number of hydrogen-bond acceptors (Lipinski definition) is 7. The van der Waals surface area contributed by atoms with Crippen molar-refractivity contribution >= 4 is 11.9 Å². The highest BCUT2D eigenvalue weighted by Gasteiger charge is 2.51. The van der Waals surface area contributed by atoms with Gasteiger partial charge < -0.3 is 24.1 Å². The molecule has 2 bridgehead atoms. The van der Waals surface area contributed by atoms with Crippen LogP contribution in [0.4, 0.5) is 0 Å². The summed E-state index contributed by atoms with van der Waals surface area (Å²) in [4.78, 5) is 26.6. The minimum absolute atomic E-state index is 0.0630. The number of rotatable bonds is 6. The van der Waals surface area contributed by atoms with Gasteiger partial charge in [0.15, 0.2) is 11.5 Å². The van der Waals surface area contributed by atoms with Crippen molar-refractivity contribution in [3.05, 3.63) is 58.7 Å². The number of aliphatic hydroxyl groups excluding tert-OH is 1. The quantitative estimate of drug-likeness (QED) is 0.290. The summed E-state index contributed by atoms with van der Waals surface area (Å²) >= 11 is 0. The lowest BCUT2D eigenvalue weighted by molar-refractivity contribution is -0.146. The normalized spacial score (nSPS) is 24.5. The first kappa shape index (κ1) is 25.3. The van der Waals surface area contributed by atoms with E-state index in [1.807, 2.05) is 33.8 Å². The van der Waals surface area contributed by atoms with Crippen LogP contribution < -0.4 is 14.2 Å². The largest absolute Gasteiger partial charge is 0.495 e. The number of methoxy groups -OCH3 is 1. The number of ether oxygens (including phenoxy) is 4. The van der Waals surface area contributed by atoms with E-state index in [2.05, 4.69) is 12.2 Å². The average molecular weight is 507 g/mol. The summed E-state index contributed by atoms with van der Waals surface area (Å²) in [6.45, 7) is 7.81. The third-order valence-electron chi connectivity index (χ3n) is 7.80. The molecule has 4 atom stereocenters. The van der Waals surface area contributed by atoms with Gasteiger partial charge in [-0.15, -0.1) is 0 Å². The van der Waals surface area contributed by atoms with Crippen LogP contribution in [-0.4, -0.2) is 24.2 Å². The van der Waals surface area contributed by atoms with E-state index >= 15 is 0 Å². The van der Waals surface area contributed by atoms with Crippen LogP contribution in [0.2, 0.25) is 0 Å². The maximum absolute atomic E-state index is 13.4. The molecule has 2 aromatic carbocycles. The van der Waals surface area contributed by atoms with Crippen molar-refractivity contribution in [2.75, 3.05) is 7.11 Å². The maximum atomic E-state index is 13.4. The molecule has 3 aliphatic rings. The first-order valence-electron chi connectivity index (χ1n) is 12.9. The molecule has 0 saturated heterocycles. The van der Waals surface area contributed by atoms with Gasteiger partial charge in [0, 0.05) is 11.1 Å². The molecule has 1 fully saturated rings. The van der Waals surface area contributed by atoms with E-state index < -0.39 is 17.5 Å². The number of carbonyl (C=O) groups excluding carboxylic acids is 2. The minimum atomic E-state index is -0.818. The van der Waals surface area contributed by atoms with Crippen molar-refractivity contribution in [3.63, 3.8) is 0 Å². The average Bonchev–Trinajstić information content (AvgIpc) is 3.43. The summed E-state index contributed by atoms with van der Waals surface area (Å²) in [6.07, 6.45) is 5.74. The molecule has 5 rings (SSSR count). The number of aliphatic hydroxyl groups is 1. The van der Waals surface area contributed by atoms with Crippen LogP contribution in [0, 0.1) is 30.1 Å². The van der Waals surface area contributed by atoms with E-state index in [9.17, 15) is 14.7 Å². The summed E-state index contributed by atoms with van der Waals surface area (Å²) < 4.78 is 23.6. The smallest absolute Gasteiger partial charge is 0.346 e. The van der Waals surface area contributed by atoms with Gasteiger partial charge in [-0.2, -0.15) is 0 Å². The number of allylic oxidation sites excluding steroid dienone is 2. The fourth-order valence-electron chi connectivity index (χ4n) is 5.90. The van der Waals surface area contributed by atoms with Crippen LogP contribution in [0.3, 0.4) is 0 Å². The Balaban J connectivity index is 1.53. The molecule has 7 nitrogen and oxygen atoms in total. The van der Waals surface area contributed by atoms with E-state index in [0.29, 0.717) is 35.0 Å². The zero-order valence-electron chi connectivity index (χ0n) is 22.0. The zero-order chi connectivity index (χ0) is 26.5. The Bertz CT molecular complexity index is 1280. The topological polar surface area (TPSA) is 91.3 Å². The molecule has 0 unspecified atom stereocenters. The first-order chi connectivity index (χ1) is 17.6. The Morgan fingerprint density at radius 1 is 1.24 bits per heavy atom. The molecule has 0 aromatic heterocycles. The summed E-state index contributed by atoms with van der Waals surface area (Å²) in [5.74, 6) is 0.957. The fraction of sp³-hybridized carbons (Fsp3) is 0.467. The van der Waals surface area contributed by atoms with Crippen molar-refractivity contribution in [2.45, 2.75) is 59.7 Å². The summed E-state index contributed by atoms with van der Waals surface area (Å²) in [5.41, 5.74) is 1.44. The van der Waals surface area contributed by atoms with Crippen LogP contribution in [0.5, 0.6) is 23.0 Å². The van der Waals surface area contributed by atoms with E-state index in [1.54, 1.807) is 18.2 Å². The van der Waals surface area contributed by atoms with Gasteiger partial charge in [0.1, 0.15) is 23.7 Å². The van der Waals surface area contributed by atoms with E-state index in [4.69, 9.17) is 18.9 Å². The molecule has 0 amide bonds. The molecule has 1 aliphatic heterocycles. The molecular weight excluding hydrogens is 472 g/mol.